The van der Waals surface area contributed by atoms with Crippen LogP contribution in [0.5, 0.6) is 0 Å². The minimum Gasteiger partial charge on any atom is -0.257 e. The molecule has 0 unspecified atom stereocenters. The van der Waals surface area contributed by atoms with Gasteiger partial charge in [-0.2, -0.15) is 0 Å². The predicted molar refractivity (Wildman–Crippen MR) is 84.0 cm³/mol. The fraction of sp³-hybridized carbons (Fsp3) is 0.222. The van der Waals surface area contributed by atoms with Gasteiger partial charge in [-0.05, 0) is 36.6 Å². The third-order valence-corrected chi connectivity index (χ3v) is 4.04. The van der Waals surface area contributed by atoms with Gasteiger partial charge in [-0.25, -0.2) is 0 Å². The van der Waals surface area contributed by atoms with E-state index in [2.05, 4.69) is 55.2 Å². The summed E-state index contributed by atoms with van der Waals surface area (Å²) >= 11 is 0. The fourth-order valence-corrected chi connectivity index (χ4v) is 2.96. The Labute approximate surface area is 118 Å². The first-order valence-electron chi connectivity index (χ1n) is 7.03. The van der Waals surface area contributed by atoms with E-state index in [1.807, 2.05) is 0 Å². The molecule has 0 aromatic heterocycles. The van der Waals surface area contributed by atoms with Gasteiger partial charge in [-0.1, -0.05) is 35.9 Å². The summed E-state index contributed by atoms with van der Waals surface area (Å²) in [6, 6.07) is 13.0. The Kier molecular flexibility index (Phi) is 2.40. The molecule has 0 N–H and O–H groups in total. The maximum atomic E-state index is 4.80. The summed E-state index contributed by atoms with van der Waals surface area (Å²) in [5.41, 5.74) is 9.77. The molecule has 2 aromatic rings. The molecule has 2 aromatic carbocycles. The highest BCUT2D eigenvalue weighted by Crippen LogP contribution is 2.37. The van der Waals surface area contributed by atoms with Crippen molar-refractivity contribution in [2.45, 2.75) is 26.7 Å². The Balaban J connectivity index is 1.73. The van der Waals surface area contributed by atoms with Gasteiger partial charge in [-0.3, -0.25) is 9.98 Å². The van der Waals surface area contributed by atoms with E-state index in [0.717, 1.165) is 24.2 Å². The first-order valence-corrected chi connectivity index (χ1v) is 7.03. The highest BCUT2D eigenvalue weighted by molar-refractivity contribution is 6.07. The van der Waals surface area contributed by atoms with Crippen molar-refractivity contribution in [2.24, 2.45) is 9.98 Å². The van der Waals surface area contributed by atoms with E-state index in [9.17, 15) is 0 Å². The summed E-state index contributed by atoms with van der Waals surface area (Å²) in [5, 5.41) is 0. The van der Waals surface area contributed by atoms with Gasteiger partial charge in [0, 0.05) is 18.6 Å². The maximum Gasteiger partial charge on any atom is 0.0690 e. The molecular formula is C18H16N2. The number of aryl methyl sites for hydroxylation is 1. The standard InChI is InChI=1S/C18H16N2/c1-11-3-5-13(6-4-11)16-9-15-8-14-7-12(2)19-17(14)10-18(15)20-16/h3-6,8,10H,7,9H2,1-2H3. The van der Waals surface area contributed by atoms with Crippen molar-refractivity contribution in [1.29, 1.82) is 0 Å². The Hall–Kier alpha value is -2.22. The molecule has 0 radical (unpaired) electrons. The van der Waals surface area contributed by atoms with E-state index >= 15 is 0 Å². The van der Waals surface area contributed by atoms with Crippen molar-refractivity contribution >= 4 is 22.8 Å². The smallest absolute Gasteiger partial charge is 0.0690 e. The lowest BCUT2D eigenvalue weighted by molar-refractivity contribution is 1.31. The zero-order valence-electron chi connectivity index (χ0n) is 11.8. The summed E-state index contributed by atoms with van der Waals surface area (Å²) < 4.78 is 0. The van der Waals surface area contributed by atoms with Crippen LogP contribution in [-0.2, 0) is 12.8 Å². The molecule has 0 spiro atoms. The number of hydrogen-bond acceptors (Lipinski definition) is 2. The van der Waals surface area contributed by atoms with Crippen LogP contribution in [0.1, 0.15) is 29.2 Å². The number of nitrogens with zero attached hydrogens (tertiary/aromatic N) is 2. The van der Waals surface area contributed by atoms with Crippen molar-refractivity contribution in [1.82, 2.24) is 0 Å². The molecule has 0 bridgehead atoms. The van der Waals surface area contributed by atoms with E-state index in [-0.39, 0.29) is 0 Å². The lowest BCUT2D eigenvalue weighted by atomic mass is 10.0. The highest BCUT2D eigenvalue weighted by atomic mass is 14.8. The van der Waals surface area contributed by atoms with Crippen molar-refractivity contribution in [2.75, 3.05) is 0 Å². The summed E-state index contributed by atoms with van der Waals surface area (Å²) in [7, 11) is 0. The fourth-order valence-electron chi connectivity index (χ4n) is 2.96. The van der Waals surface area contributed by atoms with Gasteiger partial charge in [0.1, 0.15) is 0 Å². The molecule has 0 aliphatic carbocycles. The van der Waals surface area contributed by atoms with Gasteiger partial charge in [0.25, 0.3) is 0 Å². The Morgan fingerprint density at radius 3 is 2.30 bits per heavy atom. The predicted octanol–water partition coefficient (Wildman–Crippen LogP) is 4.32. The number of benzene rings is 2. The lowest BCUT2D eigenvalue weighted by Crippen LogP contribution is -2.00. The van der Waals surface area contributed by atoms with Crippen molar-refractivity contribution in [3.8, 4) is 0 Å². The number of aliphatic imine (C=N–C) groups is 2. The molecule has 2 aliphatic rings. The second-order valence-electron chi connectivity index (χ2n) is 5.73. The highest BCUT2D eigenvalue weighted by Gasteiger charge is 2.20. The number of rotatable bonds is 1. The molecular weight excluding hydrogens is 244 g/mol. The molecule has 98 valence electrons. The summed E-state index contributed by atoms with van der Waals surface area (Å²) in [6.07, 6.45) is 1.92. The largest absolute Gasteiger partial charge is 0.257 e. The second kappa shape index (κ2) is 4.14. The topological polar surface area (TPSA) is 24.7 Å². The number of fused-ring (bicyclic) bond motifs is 2. The van der Waals surface area contributed by atoms with Gasteiger partial charge in [0.2, 0.25) is 0 Å². The molecule has 20 heavy (non-hydrogen) atoms. The van der Waals surface area contributed by atoms with E-state index < -0.39 is 0 Å². The maximum absolute atomic E-state index is 4.80. The Bertz CT molecular complexity index is 765. The SMILES string of the molecule is CC1=Nc2cc3c(cc2C1)CC(c1ccc(C)cc1)=N3. The summed E-state index contributed by atoms with van der Waals surface area (Å²) in [5.74, 6) is 0. The molecule has 2 aliphatic heterocycles. The van der Waals surface area contributed by atoms with Gasteiger partial charge in [0.05, 0.1) is 17.1 Å². The first-order chi connectivity index (χ1) is 9.69. The van der Waals surface area contributed by atoms with E-state index in [0.29, 0.717) is 0 Å². The van der Waals surface area contributed by atoms with E-state index in [1.54, 1.807) is 0 Å². The average molecular weight is 260 g/mol. The molecule has 2 heterocycles. The molecule has 0 saturated carbocycles. The van der Waals surface area contributed by atoms with Crippen LogP contribution in [0.25, 0.3) is 0 Å². The van der Waals surface area contributed by atoms with E-state index in [4.69, 9.17) is 4.99 Å². The average Bonchev–Trinajstić information content (AvgIpc) is 2.97. The van der Waals surface area contributed by atoms with Crippen LogP contribution in [0.4, 0.5) is 11.4 Å². The summed E-state index contributed by atoms with van der Waals surface area (Å²) in [4.78, 5) is 9.39. The van der Waals surface area contributed by atoms with Crippen molar-refractivity contribution in [3.63, 3.8) is 0 Å². The van der Waals surface area contributed by atoms with Gasteiger partial charge in [-0.15, -0.1) is 0 Å². The Morgan fingerprint density at radius 1 is 0.800 bits per heavy atom. The molecule has 0 amide bonds. The molecule has 0 saturated heterocycles. The molecule has 0 atom stereocenters. The van der Waals surface area contributed by atoms with Crippen LogP contribution < -0.4 is 0 Å². The van der Waals surface area contributed by atoms with E-state index in [1.165, 1.54) is 33.7 Å². The lowest BCUT2D eigenvalue weighted by Gasteiger charge is -2.02. The zero-order chi connectivity index (χ0) is 13.7. The molecule has 0 fully saturated rings. The summed E-state index contributed by atoms with van der Waals surface area (Å²) in [6.45, 7) is 4.20. The van der Waals surface area contributed by atoms with Gasteiger partial charge >= 0.3 is 0 Å². The minimum absolute atomic E-state index is 0.935. The molecule has 4 rings (SSSR count). The quantitative estimate of drug-likeness (QED) is 0.729. The van der Waals surface area contributed by atoms with Crippen LogP contribution in [0, 0.1) is 6.92 Å². The van der Waals surface area contributed by atoms with Crippen LogP contribution in [0.3, 0.4) is 0 Å². The minimum atomic E-state index is 0.935. The normalized spacial score (nSPS) is 15.7. The molecule has 2 nitrogen and oxygen atoms in total. The molecule has 2 heteroatoms. The van der Waals surface area contributed by atoms with Crippen molar-refractivity contribution < 1.29 is 0 Å². The van der Waals surface area contributed by atoms with Crippen LogP contribution in [-0.4, -0.2) is 11.4 Å². The monoisotopic (exact) mass is 260 g/mol. The van der Waals surface area contributed by atoms with Gasteiger partial charge < -0.3 is 0 Å². The number of hydrogen-bond donors (Lipinski definition) is 0. The Morgan fingerprint density at radius 2 is 1.50 bits per heavy atom. The van der Waals surface area contributed by atoms with Crippen LogP contribution in [0.2, 0.25) is 0 Å². The zero-order valence-corrected chi connectivity index (χ0v) is 11.8. The van der Waals surface area contributed by atoms with Crippen molar-refractivity contribution in [3.05, 3.63) is 58.7 Å². The first kappa shape index (κ1) is 11.6. The van der Waals surface area contributed by atoms with Crippen LogP contribution >= 0.6 is 0 Å². The second-order valence-corrected chi connectivity index (χ2v) is 5.73. The van der Waals surface area contributed by atoms with Crippen LogP contribution in [0.15, 0.2) is 46.4 Å². The van der Waals surface area contributed by atoms with Gasteiger partial charge in [0.15, 0.2) is 0 Å². The third kappa shape index (κ3) is 1.80. The third-order valence-electron chi connectivity index (χ3n) is 4.04.